The van der Waals surface area contributed by atoms with Gasteiger partial charge in [-0.1, -0.05) is 17.7 Å². The van der Waals surface area contributed by atoms with Gasteiger partial charge in [0.25, 0.3) is 0 Å². The molecule has 0 atom stereocenters. The zero-order chi connectivity index (χ0) is 14.1. The Hall–Kier alpha value is -2.69. The van der Waals surface area contributed by atoms with Crippen molar-refractivity contribution in [1.82, 2.24) is 15.0 Å². The topological polar surface area (TPSA) is 76.7 Å². The number of hydrogen-bond donors (Lipinski definition) is 2. The Balaban J connectivity index is 1.98. The van der Waals surface area contributed by atoms with Crippen LogP contribution < -0.4 is 11.1 Å². The highest BCUT2D eigenvalue weighted by Gasteiger charge is 2.05. The summed E-state index contributed by atoms with van der Waals surface area (Å²) >= 11 is 0. The summed E-state index contributed by atoms with van der Waals surface area (Å²) in [6, 6.07) is 11.9. The van der Waals surface area contributed by atoms with Crippen molar-refractivity contribution in [3.63, 3.8) is 0 Å². The lowest BCUT2D eigenvalue weighted by atomic mass is 10.2. The van der Waals surface area contributed by atoms with E-state index in [-0.39, 0.29) is 5.95 Å². The van der Waals surface area contributed by atoms with Crippen LogP contribution in [0.4, 0.5) is 17.5 Å². The minimum absolute atomic E-state index is 0.274. The average molecular weight is 265 g/mol. The van der Waals surface area contributed by atoms with Crippen molar-refractivity contribution in [2.45, 2.75) is 13.8 Å². The maximum Gasteiger partial charge on any atom is 0.220 e. The zero-order valence-corrected chi connectivity index (χ0v) is 11.4. The van der Waals surface area contributed by atoms with E-state index in [0.717, 1.165) is 28.2 Å². The molecule has 3 aromatic rings. The molecule has 3 N–H and O–H groups in total. The summed E-state index contributed by atoms with van der Waals surface area (Å²) in [6.45, 7) is 3.94. The molecule has 0 saturated heterocycles. The molecule has 0 saturated carbocycles. The van der Waals surface area contributed by atoms with E-state index in [9.17, 15) is 0 Å². The maximum absolute atomic E-state index is 5.63. The van der Waals surface area contributed by atoms with Gasteiger partial charge in [-0.05, 0) is 38.1 Å². The van der Waals surface area contributed by atoms with Crippen LogP contribution in [0.15, 0.2) is 36.4 Å². The number of nitrogens with two attached hydrogens (primary N) is 1. The van der Waals surface area contributed by atoms with Crippen molar-refractivity contribution < 1.29 is 0 Å². The van der Waals surface area contributed by atoms with Gasteiger partial charge in [0.1, 0.15) is 11.3 Å². The second-order valence-electron chi connectivity index (χ2n) is 4.72. The van der Waals surface area contributed by atoms with E-state index in [2.05, 4.69) is 39.3 Å². The number of aromatic nitrogens is 3. The van der Waals surface area contributed by atoms with Crippen molar-refractivity contribution in [3.05, 3.63) is 47.7 Å². The molecule has 0 spiro atoms. The Bertz CT molecular complexity index is 765. The van der Waals surface area contributed by atoms with Crippen LogP contribution in [0.3, 0.4) is 0 Å². The van der Waals surface area contributed by atoms with E-state index in [1.807, 2.05) is 31.2 Å². The largest absolute Gasteiger partial charge is 0.368 e. The summed E-state index contributed by atoms with van der Waals surface area (Å²) in [5.41, 5.74) is 10.1. The number of benzene rings is 1. The summed E-state index contributed by atoms with van der Waals surface area (Å²) in [5.74, 6) is 1.04. The summed E-state index contributed by atoms with van der Waals surface area (Å²) in [6.07, 6.45) is 0. The molecular weight excluding hydrogens is 250 g/mol. The Morgan fingerprint density at radius 1 is 0.900 bits per heavy atom. The molecule has 2 aromatic heterocycles. The van der Waals surface area contributed by atoms with Crippen LogP contribution in [0.2, 0.25) is 0 Å². The molecule has 20 heavy (non-hydrogen) atoms. The third kappa shape index (κ3) is 2.38. The monoisotopic (exact) mass is 265 g/mol. The number of pyridine rings is 1. The number of anilines is 3. The molecule has 0 fully saturated rings. The molecule has 5 nitrogen and oxygen atoms in total. The van der Waals surface area contributed by atoms with E-state index < -0.39 is 0 Å². The molecule has 0 radical (unpaired) electrons. The summed E-state index contributed by atoms with van der Waals surface area (Å²) in [4.78, 5) is 12.9. The van der Waals surface area contributed by atoms with Gasteiger partial charge in [0.2, 0.25) is 5.95 Å². The Labute approximate surface area is 116 Å². The van der Waals surface area contributed by atoms with Crippen LogP contribution in [0.1, 0.15) is 11.3 Å². The van der Waals surface area contributed by atoms with Gasteiger partial charge in [0, 0.05) is 5.69 Å². The lowest BCUT2D eigenvalue weighted by molar-refractivity contribution is 1.14. The number of nitrogens with zero attached hydrogens (tertiary/aromatic N) is 3. The predicted octanol–water partition coefficient (Wildman–Crippen LogP) is 2.97. The van der Waals surface area contributed by atoms with Gasteiger partial charge in [0.15, 0.2) is 0 Å². The van der Waals surface area contributed by atoms with E-state index in [4.69, 9.17) is 5.73 Å². The maximum atomic E-state index is 5.63. The fourth-order valence-electron chi connectivity index (χ4n) is 2.04. The van der Waals surface area contributed by atoms with Crippen molar-refractivity contribution in [3.8, 4) is 0 Å². The second-order valence-corrected chi connectivity index (χ2v) is 4.72. The van der Waals surface area contributed by atoms with Crippen LogP contribution in [0.25, 0.3) is 11.0 Å². The molecule has 3 rings (SSSR count). The summed E-state index contributed by atoms with van der Waals surface area (Å²) in [5, 5.41) is 3.27. The molecule has 5 heteroatoms. The van der Waals surface area contributed by atoms with Crippen LogP contribution in [-0.2, 0) is 0 Å². The standard InChI is InChI=1S/C15H15N5/c1-9-3-5-11(6-4-9)18-13-8-7-12-14(20-13)10(2)17-15(16)19-12/h3-8H,1-2H3,(H,18,20)(H2,16,17,19). The first-order valence-electron chi connectivity index (χ1n) is 6.36. The fourth-order valence-corrected chi connectivity index (χ4v) is 2.04. The van der Waals surface area contributed by atoms with Crippen molar-refractivity contribution in [2.24, 2.45) is 0 Å². The third-order valence-electron chi connectivity index (χ3n) is 3.06. The first-order valence-corrected chi connectivity index (χ1v) is 6.36. The molecule has 0 aliphatic rings. The minimum Gasteiger partial charge on any atom is -0.368 e. The SMILES string of the molecule is Cc1ccc(Nc2ccc3nc(N)nc(C)c3n2)cc1. The van der Waals surface area contributed by atoms with E-state index >= 15 is 0 Å². The van der Waals surface area contributed by atoms with Gasteiger partial charge in [0.05, 0.1) is 11.2 Å². The smallest absolute Gasteiger partial charge is 0.220 e. The third-order valence-corrected chi connectivity index (χ3v) is 3.06. The number of nitrogens with one attached hydrogen (secondary N) is 1. The number of fused-ring (bicyclic) bond motifs is 1. The van der Waals surface area contributed by atoms with E-state index in [1.165, 1.54) is 5.56 Å². The molecule has 0 aliphatic carbocycles. The Morgan fingerprint density at radius 2 is 1.65 bits per heavy atom. The van der Waals surface area contributed by atoms with E-state index in [1.54, 1.807) is 0 Å². The molecular formula is C15H15N5. The number of hydrogen-bond acceptors (Lipinski definition) is 5. The average Bonchev–Trinajstić information content (AvgIpc) is 2.42. The second kappa shape index (κ2) is 4.77. The fraction of sp³-hybridized carbons (Fsp3) is 0.133. The first kappa shape index (κ1) is 12.3. The van der Waals surface area contributed by atoms with Gasteiger partial charge in [-0.2, -0.15) is 0 Å². The highest BCUT2D eigenvalue weighted by Crippen LogP contribution is 2.20. The summed E-state index contributed by atoms with van der Waals surface area (Å²) in [7, 11) is 0. The highest BCUT2D eigenvalue weighted by molar-refractivity contribution is 5.79. The minimum atomic E-state index is 0.274. The van der Waals surface area contributed by atoms with Crippen LogP contribution in [-0.4, -0.2) is 15.0 Å². The first-order chi connectivity index (χ1) is 9.61. The predicted molar refractivity (Wildman–Crippen MR) is 80.9 cm³/mol. The molecule has 0 amide bonds. The van der Waals surface area contributed by atoms with Gasteiger partial charge in [-0.25, -0.2) is 15.0 Å². The van der Waals surface area contributed by atoms with Crippen molar-refractivity contribution in [1.29, 1.82) is 0 Å². The van der Waals surface area contributed by atoms with Gasteiger partial charge in [-0.15, -0.1) is 0 Å². The zero-order valence-electron chi connectivity index (χ0n) is 11.4. The normalized spacial score (nSPS) is 10.7. The lowest BCUT2D eigenvalue weighted by Gasteiger charge is -2.08. The van der Waals surface area contributed by atoms with Gasteiger partial charge < -0.3 is 11.1 Å². The number of aryl methyl sites for hydroxylation is 2. The van der Waals surface area contributed by atoms with E-state index in [0.29, 0.717) is 0 Å². The highest BCUT2D eigenvalue weighted by atomic mass is 15.0. The molecule has 0 aliphatic heterocycles. The number of rotatable bonds is 2. The van der Waals surface area contributed by atoms with Crippen LogP contribution in [0.5, 0.6) is 0 Å². The molecule has 0 unspecified atom stereocenters. The molecule has 2 heterocycles. The lowest BCUT2D eigenvalue weighted by Crippen LogP contribution is -2.00. The van der Waals surface area contributed by atoms with Crippen molar-refractivity contribution >= 4 is 28.5 Å². The van der Waals surface area contributed by atoms with Gasteiger partial charge in [-0.3, -0.25) is 0 Å². The molecule has 0 bridgehead atoms. The molecule has 100 valence electrons. The Morgan fingerprint density at radius 3 is 2.40 bits per heavy atom. The van der Waals surface area contributed by atoms with Crippen LogP contribution >= 0.6 is 0 Å². The Kier molecular flexibility index (Phi) is 2.95. The molecule has 1 aromatic carbocycles. The summed E-state index contributed by atoms with van der Waals surface area (Å²) < 4.78 is 0. The van der Waals surface area contributed by atoms with Crippen LogP contribution in [0, 0.1) is 13.8 Å². The van der Waals surface area contributed by atoms with Gasteiger partial charge >= 0.3 is 0 Å². The number of nitrogen functional groups attached to an aromatic ring is 1. The van der Waals surface area contributed by atoms with Crippen molar-refractivity contribution in [2.75, 3.05) is 11.1 Å². The quantitative estimate of drug-likeness (QED) is 0.745.